The van der Waals surface area contributed by atoms with Crippen LogP contribution in [0.5, 0.6) is 5.75 Å². The lowest BCUT2D eigenvalue weighted by Crippen LogP contribution is -2.37. The first-order valence-corrected chi connectivity index (χ1v) is 10.4. The number of carbonyl (C=O) groups is 1. The van der Waals surface area contributed by atoms with E-state index in [0.29, 0.717) is 24.3 Å². The predicted octanol–water partition coefficient (Wildman–Crippen LogP) is 2.45. The van der Waals surface area contributed by atoms with Gasteiger partial charge in [0.15, 0.2) is 0 Å². The van der Waals surface area contributed by atoms with Crippen LogP contribution in [0.15, 0.2) is 59.2 Å². The van der Waals surface area contributed by atoms with Gasteiger partial charge >= 0.3 is 0 Å². The van der Waals surface area contributed by atoms with Gasteiger partial charge in [-0.15, -0.1) is 0 Å². The topological polar surface area (TPSA) is 98.5 Å². The number of rotatable bonds is 7. The second-order valence-corrected chi connectivity index (χ2v) is 9.31. The number of ether oxygens (including phenoxy) is 1. The normalized spacial score (nSPS) is 19.2. The zero-order valence-corrected chi connectivity index (χ0v) is 16.3. The van der Waals surface area contributed by atoms with Crippen molar-refractivity contribution in [3.8, 4) is 5.75 Å². The Morgan fingerprint density at radius 1 is 1.26 bits per heavy atom. The molecule has 3 rings (SSSR count). The minimum atomic E-state index is -3.29. The summed E-state index contributed by atoms with van der Waals surface area (Å²) in [7, 11) is -3.29. The Bertz CT molecular complexity index is 925. The molecule has 0 saturated carbocycles. The fourth-order valence-corrected chi connectivity index (χ4v) is 3.90. The third kappa shape index (κ3) is 4.67. The third-order valence-electron chi connectivity index (χ3n) is 4.68. The van der Waals surface area contributed by atoms with E-state index in [-0.39, 0.29) is 6.04 Å². The summed E-state index contributed by atoms with van der Waals surface area (Å²) in [5.74, 6) is 0.194. The van der Waals surface area contributed by atoms with Crippen molar-refractivity contribution in [3.05, 3.63) is 64.8 Å². The number of fused-ring (bicyclic) bond motifs is 1. The molecule has 0 radical (unpaired) electrons. The van der Waals surface area contributed by atoms with Crippen LogP contribution in [-0.4, -0.2) is 32.2 Å². The fraction of sp³-hybridized carbons (Fsp3) is 0.350. The van der Waals surface area contributed by atoms with Crippen LogP contribution in [-0.2, 0) is 10.0 Å². The van der Waals surface area contributed by atoms with Gasteiger partial charge in [-0.2, -0.15) is 0 Å². The lowest BCUT2D eigenvalue weighted by molar-refractivity contribution is 0.1000. The molecule has 6 nitrogen and oxygen atoms in total. The van der Waals surface area contributed by atoms with Gasteiger partial charge in [0.1, 0.15) is 12.4 Å². The number of nitrogens with one attached hydrogen (secondary N) is 1. The van der Waals surface area contributed by atoms with Crippen LogP contribution in [0.3, 0.4) is 0 Å². The largest absolute Gasteiger partial charge is 0.489 e. The summed E-state index contributed by atoms with van der Waals surface area (Å²) >= 11 is 0. The average molecular weight is 388 g/mol. The summed E-state index contributed by atoms with van der Waals surface area (Å²) in [5, 5.41) is -0.449. The lowest BCUT2D eigenvalue weighted by atomic mass is 9.96. The smallest absolute Gasteiger partial charge is 0.248 e. The Kier molecular flexibility index (Phi) is 5.53. The van der Waals surface area contributed by atoms with Crippen molar-refractivity contribution in [1.29, 1.82) is 0 Å². The molecule has 7 heteroatoms. The lowest BCUT2D eigenvalue weighted by Gasteiger charge is -2.15. The Balaban J connectivity index is 1.59. The maximum Gasteiger partial charge on any atom is 0.248 e. The van der Waals surface area contributed by atoms with Gasteiger partial charge in [-0.1, -0.05) is 18.2 Å². The van der Waals surface area contributed by atoms with Gasteiger partial charge in [0.05, 0.1) is 5.25 Å². The minimum absolute atomic E-state index is 0.186. The van der Waals surface area contributed by atoms with Crippen LogP contribution in [0, 0.1) is 0 Å². The van der Waals surface area contributed by atoms with E-state index in [1.54, 1.807) is 38.1 Å². The van der Waals surface area contributed by atoms with Gasteiger partial charge in [-0.3, -0.25) is 4.79 Å². The number of primary amides is 1. The number of sulfonamides is 1. The molecule has 0 heterocycles. The Morgan fingerprint density at radius 3 is 2.59 bits per heavy atom. The summed E-state index contributed by atoms with van der Waals surface area (Å²) in [6, 6.07) is 6.51. The number of allylic oxidation sites excluding steroid dienone is 2. The standard InChI is InChI=1S/C20H24N2O4S/c1-13(2)27(24,25)22-18-10-16-4-3-14(9-17(16)11-18)12-26-19-7-5-15(6-8-19)20(21)23/h3,5-10,13,18,22H,4,11-12H2,1-2H3,(H2,21,23)/t18-/m1/s1. The van der Waals surface area contributed by atoms with Gasteiger partial charge in [0.2, 0.25) is 15.9 Å². The van der Waals surface area contributed by atoms with Crippen molar-refractivity contribution >= 4 is 15.9 Å². The SMILES string of the molecule is CC(C)S(=O)(=O)N[C@@H]1C=C2CC=C(COc3ccc(C(N)=O)cc3)C=C2C1. The number of amides is 1. The van der Waals surface area contributed by atoms with Crippen molar-refractivity contribution in [3.63, 3.8) is 0 Å². The first kappa shape index (κ1) is 19.4. The molecule has 0 fully saturated rings. The minimum Gasteiger partial charge on any atom is -0.489 e. The quantitative estimate of drug-likeness (QED) is 0.749. The first-order valence-electron chi connectivity index (χ1n) is 8.89. The maximum atomic E-state index is 12.1. The van der Waals surface area contributed by atoms with Crippen LogP contribution in [0.1, 0.15) is 37.0 Å². The molecule has 0 unspecified atom stereocenters. The third-order valence-corrected chi connectivity index (χ3v) is 6.55. The van der Waals surface area contributed by atoms with Crippen LogP contribution < -0.4 is 15.2 Å². The molecular formula is C20H24N2O4S. The van der Waals surface area contributed by atoms with E-state index in [9.17, 15) is 13.2 Å². The summed E-state index contributed by atoms with van der Waals surface area (Å²) in [5.41, 5.74) is 9.03. The molecule has 0 bridgehead atoms. The zero-order valence-electron chi connectivity index (χ0n) is 15.4. The monoisotopic (exact) mass is 388 g/mol. The van der Waals surface area contributed by atoms with E-state index < -0.39 is 21.2 Å². The van der Waals surface area contributed by atoms with Gasteiger partial charge in [-0.25, -0.2) is 13.1 Å². The summed E-state index contributed by atoms with van der Waals surface area (Å²) < 4.78 is 32.7. The molecule has 1 amide bonds. The Labute approximate surface area is 159 Å². The van der Waals surface area contributed by atoms with Gasteiger partial charge in [0.25, 0.3) is 0 Å². The zero-order chi connectivity index (χ0) is 19.6. The van der Waals surface area contributed by atoms with Crippen LogP contribution in [0.25, 0.3) is 0 Å². The predicted molar refractivity (Wildman–Crippen MR) is 105 cm³/mol. The molecular weight excluding hydrogens is 364 g/mol. The molecule has 1 aromatic rings. The summed E-state index contributed by atoms with van der Waals surface area (Å²) in [6.45, 7) is 3.75. The molecule has 1 atom stereocenters. The highest BCUT2D eigenvalue weighted by atomic mass is 32.2. The van der Waals surface area contributed by atoms with Crippen molar-refractivity contribution in [2.24, 2.45) is 5.73 Å². The number of carbonyl (C=O) groups excluding carboxylic acids is 1. The van der Waals surface area contributed by atoms with E-state index in [4.69, 9.17) is 10.5 Å². The maximum absolute atomic E-state index is 12.1. The van der Waals surface area contributed by atoms with E-state index in [1.807, 2.05) is 6.08 Å². The van der Waals surface area contributed by atoms with Gasteiger partial charge < -0.3 is 10.5 Å². The Morgan fingerprint density at radius 2 is 1.96 bits per heavy atom. The van der Waals surface area contributed by atoms with Gasteiger partial charge in [0, 0.05) is 11.6 Å². The number of hydrogen-bond acceptors (Lipinski definition) is 4. The van der Waals surface area contributed by atoms with Crippen LogP contribution in [0.4, 0.5) is 0 Å². The second kappa shape index (κ2) is 7.70. The van der Waals surface area contributed by atoms with E-state index in [1.165, 1.54) is 5.57 Å². The molecule has 144 valence electrons. The number of benzene rings is 1. The average Bonchev–Trinajstić information content (AvgIpc) is 3.00. The molecule has 1 aromatic carbocycles. The molecule has 0 spiro atoms. The van der Waals surface area contributed by atoms with Crippen molar-refractivity contribution in [1.82, 2.24) is 4.72 Å². The van der Waals surface area contributed by atoms with Crippen LogP contribution in [0.2, 0.25) is 0 Å². The number of nitrogens with two attached hydrogens (primary N) is 1. The molecule has 27 heavy (non-hydrogen) atoms. The molecule has 0 aliphatic heterocycles. The second-order valence-electron chi connectivity index (χ2n) is 7.04. The van der Waals surface area contributed by atoms with Crippen molar-refractivity contribution in [2.75, 3.05) is 6.61 Å². The molecule has 3 N–H and O–H groups in total. The molecule has 0 aromatic heterocycles. The van der Waals surface area contributed by atoms with Crippen LogP contribution >= 0.6 is 0 Å². The highest BCUT2D eigenvalue weighted by Crippen LogP contribution is 2.33. The van der Waals surface area contributed by atoms with Crippen molar-refractivity contribution < 1.29 is 17.9 Å². The highest BCUT2D eigenvalue weighted by Gasteiger charge is 2.27. The first-order chi connectivity index (χ1) is 12.7. The Hall–Kier alpha value is -2.38. The van der Waals surface area contributed by atoms with Crippen molar-refractivity contribution in [2.45, 2.75) is 38.0 Å². The number of hydrogen-bond donors (Lipinski definition) is 2. The summed E-state index contributed by atoms with van der Waals surface area (Å²) in [6.07, 6.45) is 7.59. The molecule has 2 aliphatic carbocycles. The molecule has 0 saturated heterocycles. The van der Waals surface area contributed by atoms with Gasteiger partial charge in [-0.05, 0) is 67.7 Å². The van der Waals surface area contributed by atoms with E-state index in [0.717, 1.165) is 17.6 Å². The molecule has 2 aliphatic rings. The fourth-order valence-electron chi connectivity index (χ4n) is 3.06. The summed E-state index contributed by atoms with van der Waals surface area (Å²) in [4.78, 5) is 11.1. The van der Waals surface area contributed by atoms with E-state index in [2.05, 4.69) is 16.9 Å². The van der Waals surface area contributed by atoms with E-state index >= 15 is 0 Å². The highest BCUT2D eigenvalue weighted by molar-refractivity contribution is 7.90.